The summed E-state index contributed by atoms with van der Waals surface area (Å²) in [5.41, 5.74) is 5.31. The molecule has 2 heterocycles. The molecule has 0 spiro atoms. The zero-order chi connectivity index (χ0) is 18.6. The maximum Gasteiger partial charge on any atom is 0.414 e. The number of anilines is 2. The van der Waals surface area contributed by atoms with E-state index in [-0.39, 0.29) is 6.09 Å². The molecule has 1 fully saturated rings. The van der Waals surface area contributed by atoms with Gasteiger partial charge < -0.3 is 10.1 Å². The first-order chi connectivity index (χ1) is 13.2. The van der Waals surface area contributed by atoms with Crippen molar-refractivity contribution in [2.45, 2.75) is 20.0 Å². The number of hydrogen-bond donors (Lipinski definition) is 1. The summed E-state index contributed by atoms with van der Waals surface area (Å²) in [6, 6.07) is 16.2. The van der Waals surface area contributed by atoms with E-state index in [1.807, 2.05) is 54.2 Å². The second-order valence-electron chi connectivity index (χ2n) is 6.65. The second-order valence-corrected chi connectivity index (χ2v) is 6.65. The molecule has 1 amide bonds. The molecule has 1 aliphatic rings. The van der Waals surface area contributed by atoms with Crippen molar-refractivity contribution in [3.8, 4) is 0 Å². The molecule has 27 heavy (non-hydrogen) atoms. The minimum absolute atomic E-state index is 0.285. The van der Waals surface area contributed by atoms with Gasteiger partial charge in [-0.2, -0.15) is 5.10 Å². The lowest BCUT2D eigenvalue weighted by Crippen LogP contribution is -2.23. The van der Waals surface area contributed by atoms with Gasteiger partial charge in [-0.15, -0.1) is 0 Å². The van der Waals surface area contributed by atoms with Crippen LogP contribution < -0.4 is 10.2 Å². The zero-order valence-electron chi connectivity index (χ0n) is 15.3. The Kier molecular flexibility index (Phi) is 4.78. The molecule has 2 aromatic carbocycles. The van der Waals surface area contributed by atoms with E-state index in [9.17, 15) is 4.79 Å². The highest BCUT2D eigenvalue weighted by atomic mass is 16.6. The van der Waals surface area contributed by atoms with E-state index in [1.54, 1.807) is 4.90 Å². The molecule has 1 aromatic heterocycles. The molecule has 6 heteroatoms. The van der Waals surface area contributed by atoms with E-state index in [2.05, 4.69) is 28.7 Å². The normalized spacial score (nSPS) is 13.7. The number of carbonyl (C=O) groups excluding carboxylic acids is 1. The Labute approximate surface area is 158 Å². The average molecular weight is 362 g/mol. The third-order valence-corrected chi connectivity index (χ3v) is 4.65. The van der Waals surface area contributed by atoms with Crippen LogP contribution in [0.3, 0.4) is 0 Å². The van der Waals surface area contributed by atoms with Gasteiger partial charge in [0.1, 0.15) is 6.61 Å². The Morgan fingerprint density at radius 1 is 1.15 bits per heavy atom. The molecule has 1 aliphatic heterocycles. The van der Waals surface area contributed by atoms with E-state index in [1.165, 1.54) is 5.56 Å². The van der Waals surface area contributed by atoms with Crippen LogP contribution in [0.2, 0.25) is 0 Å². The Bertz CT molecular complexity index is 936. The van der Waals surface area contributed by atoms with Crippen LogP contribution >= 0.6 is 0 Å². The summed E-state index contributed by atoms with van der Waals surface area (Å²) in [4.78, 5) is 13.4. The molecule has 0 atom stereocenters. The smallest absolute Gasteiger partial charge is 0.414 e. The first-order valence-electron chi connectivity index (χ1n) is 9.03. The van der Waals surface area contributed by atoms with Crippen LogP contribution in [-0.2, 0) is 17.8 Å². The van der Waals surface area contributed by atoms with Crippen LogP contribution in [0.5, 0.6) is 0 Å². The van der Waals surface area contributed by atoms with Gasteiger partial charge in [-0.1, -0.05) is 36.4 Å². The Morgan fingerprint density at radius 3 is 2.78 bits per heavy atom. The maximum atomic E-state index is 11.8. The summed E-state index contributed by atoms with van der Waals surface area (Å²) < 4.78 is 6.97. The number of benzene rings is 2. The fourth-order valence-electron chi connectivity index (χ4n) is 3.15. The molecule has 0 saturated carbocycles. The number of amides is 1. The molecule has 1 N–H and O–H groups in total. The van der Waals surface area contributed by atoms with Crippen molar-refractivity contribution in [2.75, 3.05) is 23.4 Å². The van der Waals surface area contributed by atoms with E-state index in [4.69, 9.17) is 4.74 Å². The van der Waals surface area contributed by atoms with Crippen molar-refractivity contribution in [3.05, 3.63) is 77.6 Å². The number of aromatic nitrogens is 2. The lowest BCUT2D eigenvalue weighted by molar-refractivity contribution is 0.181. The van der Waals surface area contributed by atoms with Crippen molar-refractivity contribution >= 4 is 17.5 Å². The van der Waals surface area contributed by atoms with E-state index in [0.29, 0.717) is 19.7 Å². The van der Waals surface area contributed by atoms with Crippen molar-refractivity contribution < 1.29 is 9.53 Å². The lowest BCUT2D eigenvalue weighted by atomic mass is 10.1. The number of aryl methyl sites for hydroxylation is 1. The SMILES string of the molecule is Cc1ccc(N2CCOC2=O)cc1NCc1cnn(Cc2ccccc2)c1. The predicted octanol–water partition coefficient (Wildman–Crippen LogP) is 3.81. The van der Waals surface area contributed by atoms with Crippen LogP contribution in [0, 0.1) is 6.92 Å². The van der Waals surface area contributed by atoms with Gasteiger partial charge in [0.2, 0.25) is 0 Å². The fourth-order valence-corrected chi connectivity index (χ4v) is 3.15. The molecule has 0 bridgehead atoms. The zero-order valence-corrected chi connectivity index (χ0v) is 15.3. The standard InChI is InChI=1S/C21H22N4O2/c1-16-7-8-19(25-9-10-27-21(25)26)11-20(16)22-12-18-13-23-24(15-18)14-17-5-3-2-4-6-17/h2-8,11,13,15,22H,9-10,12,14H2,1H3. The second kappa shape index (κ2) is 7.53. The van der Waals surface area contributed by atoms with Crippen molar-refractivity contribution in [3.63, 3.8) is 0 Å². The Morgan fingerprint density at radius 2 is 2.00 bits per heavy atom. The number of hydrogen-bond acceptors (Lipinski definition) is 4. The van der Waals surface area contributed by atoms with Gasteiger partial charge in [0, 0.05) is 29.7 Å². The Balaban J connectivity index is 1.42. The van der Waals surface area contributed by atoms with Gasteiger partial charge in [0.15, 0.2) is 0 Å². The molecule has 3 aromatic rings. The number of cyclic esters (lactones) is 1. The van der Waals surface area contributed by atoms with Gasteiger partial charge in [0.05, 0.1) is 19.3 Å². The molecule has 4 rings (SSSR count). The molecule has 138 valence electrons. The van der Waals surface area contributed by atoms with E-state index in [0.717, 1.165) is 29.0 Å². The Hall–Kier alpha value is -3.28. The minimum Gasteiger partial charge on any atom is -0.447 e. The van der Waals surface area contributed by atoms with Gasteiger partial charge in [0.25, 0.3) is 0 Å². The molecule has 1 saturated heterocycles. The molecule has 0 unspecified atom stereocenters. The van der Waals surface area contributed by atoms with Crippen LogP contribution in [-0.4, -0.2) is 29.0 Å². The van der Waals surface area contributed by atoms with Crippen LogP contribution in [0.25, 0.3) is 0 Å². The molecular weight excluding hydrogens is 340 g/mol. The van der Waals surface area contributed by atoms with Crippen LogP contribution in [0.4, 0.5) is 16.2 Å². The average Bonchev–Trinajstić information content (AvgIpc) is 3.31. The van der Waals surface area contributed by atoms with Crippen LogP contribution in [0.1, 0.15) is 16.7 Å². The molecule has 6 nitrogen and oxygen atoms in total. The summed E-state index contributed by atoms with van der Waals surface area (Å²) in [6.07, 6.45) is 3.65. The van der Waals surface area contributed by atoms with Crippen molar-refractivity contribution in [1.29, 1.82) is 0 Å². The number of nitrogens with zero attached hydrogens (tertiary/aromatic N) is 3. The molecular formula is C21H22N4O2. The van der Waals surface area contributed by atoms with Crippen LogP contribution in [0.15, 0.2) is 60.9 Å². The highest BCUT2D eigenvalue weighted by Crippen LogP contribution is 2.26. The predicted molar refractivity (Wildman–Crippen MR) is 105 cm³/mol. The largest absolute Gasteiger partial charge is 0.447 e. The van der Waals surface area contributed by atoms with Gasteiger partial charge in [-0.3, -0.25) is 9.58 Å². The lowest BCUT2D eigenvalue weighted by Gasteiger charge is -2.16. The highest BCUT2D eigenvalue weighted by Gasteiger charge is 2.23. The fraction of sp³-hybridized carbons (Fsp3) is 0.238. The number of ether oxygens (including phenoxy) is 1. The number of carbonyl (C=O) groups is 1. The summed E-state index contributed by atoms with van der Waals surface area (Å²) >= 11 is 0. The van der Waals surface area contributed by atoms with E-state index < -0.39 is 0 Å². The molecule has 0 aliphatic carbocycles. The summed E-state index contributed by atoms with van der Waals surface area (Å²) in [7, 11) is 0. The monoisotopic (exact) mass is 362 g/mol. The topological polar surface area (TPSA) is 59.4 Å². The number of nitrogens with one attached hydrogen (secondary N) is 1. The van der Waals surface area contributed by atoms with E-state index >= 15 is 0 Å². The summed E-state index contributed by atoms with van der Waals surface area (Å²) in [6.45, 7) is 4.51. The van der Waals surface area contributed by atoms with Crippen molar-refractivity contribution in [2.24, 2.45) is 0 Å². The van der Waals surface area contributed by atoms with Gasteiger partial charge >= 0.3 is 6.09 Å². The first-order valence-corrected chi connectivity index (χ1v) is 9.03. The summed E-state index contributed by atoms with van der Waals surface area (Å²) in [5.74, 6) is 0. The van der Waals surface area contributed by atoms with Gasteiger partial charge in [-0.05, 0) is 30.2 Å². The molecule has 0 radical (unpaired) electrons. The number of rotatable bonds is 6. The minimum atomic E-state index is -0.285. The maximum absolute atomic E-state index is 11.8. The van der Waals surface area contributed by atoms with Gasteiger partial charge in [-0.25, -0.2) is 4.79 Å². The third-order valence-electron chi connectivity index (χ3n) is 4.65. The summed E-state index contributed by atoms with van der Waals surface area (Å²) in [5, 5.41) is 7.90. The quantitative estimate of drug-likeness (QED) is 0.724. The first kappa shape index (κ1) is 17.1. The third kappa shape index (κ3) is 3.95. The van der Waals surface area contributed by atoms with Crippen molar-refractivity contribution in [1.82, 2.24) is 9.78 Å². The highest BCUT2D eigenvalue weighted by molar-refractivity contribution is 5.90.